The number of hydrogen-bond acceptors (Lipinski definition) is 6. The molecular formula is C23H23IN2O4. The Bertz CT molecular complexity index is 977. The van der Waals surface area contributed by atoms with Crippen molar-refractivity contribution in [2.45, 2.75) is 51.4 Å². The third-order valence-corrected chi connectivity index (χ3v) is 6.54. The summed E-state index contributed by atoms with van der Waals surface area (Å²) in [6.07, 6.45) is 4.31. The lowest BCUT2D eigenvalue weighted by Crippen LogP contribution is -2.36. The summed E-state index contributed by atoms with van der Waals surface area (Å²) in [5.74, 6) is 0.886. The number of dihydropyridines is 1. The summed E-state index contributed by atoms with van der Waals surface area (Å²) in [6, 6.07) is 5.80. The number of rotatable bonds is 5. The molecule has 1 aromatic rings. The summed E-state index contributed by atoms with van der Waals surface area (Å²) in [6.45, 7) is 2.24. The second-order valence-electron chi connectivity index (χ2n) is 7.61. The first kappa shape index (κ1) is 20.9. The normalized spacial score (nSPS) is 19.1. The first-order valence-electron chi connectivity index (χ1n) is 10.3. The van der Waals surface area contributed by atoms with E-state index >= 15 is 0 Å². The van der Waals surface area contributed by atoms with Crippen LogP contribution in [0.25, 0.3) is 0 Å². The minimum Gasteiger partial charge on any atom is -0.490 e. The molecule has 0 saturated heterocycles. The Morgan fingerprint density at radius 2 is 1.70 bits per heavy atom. The molecule has 0 fully saturated rings. The standard InChI is InChI=1S/C23H23IN2O4/c1-2-29-19-12-13(11-14(24)23(19)30-10-9-25)20-21-15(5-3-7-17(21)27)26-16-6-4-8-18(28)22(16)20/h11-12,20,26H,2-8,10H2,1H3. The van der Waals surface area contributed by atoms with Crippen molar-refractivity contribution < 1.29 is 19.1 Å². The number of nitrogens with zero attached hydrogens (tertiary/aromatic N) is 1. The van der Waals surface area contributed by atoms with Crippen LogP contribution in [0.5, 0.6) is 11.5 Å². The predicted octanol–water partition coefficient (Wildman–Crippen LogP) is 4.29. The maximum absolute atomic E-state index is 13.0. The van der Waals surface area contributed by atoms with Crippen LogP contribution in [0, 0.1) is 14.9 Å². The third kappa shape index (κ3) is 3.73. The van der Waals surface area contributed by atoms with Gasteiger partial charge in [-0.25, -0.2) is 0 Å². The molecule has 1 heterocycles. The molecule has 0 saturated carbocycles. The van der Waals surface area contributed by atoms with Gasteiger partial charge in [-0.15, -0.1) is 0 Å². The Morgan fingerprint density at radius 3 is 2.27 bits per heavy atom. The van der Waals surface area contributed by atoms with Gasteiger partial charge in [0.25, 0.3) is 0 Å². The number of nitriles is 1. The Balaban J connectivity index is 1.88. The number of ether oxygens (including phenoxy) is 2. The summed E-state index contributed by atoms with van der Waals surface area (Å²) in [7, 11) is 0. The summed E-state index contributed by atoms with van der Waals surface area (Å²) in [5.41, 5.74) is 4.22. The monoisotopic (exact) mass is 518 g/mol. The fourth-order valence-corrected chi connectivity index (χ4v) is 5.36. The average molecular weight is 518 g/mol. The molecule has 2 aliphatic carbocycles. The van der Waals surface area contributed by atoms with Crippen molar-refractivity contribution in [1.82, 2.24) is 5.32 Å². The van der Waals surface area contributed by atoms with Crippen molar-refractivity contribution in [3.8, 4) is 17.6 Å². The van der Waals surface area contributed by atoms with Gasteiger partial charge in [0.15, 0.2) is 29.7 Å². The van der Waals surface area contributed by atoms with Crippen molar-refractivity contribution >= 4 is 34.2 Å². The fraction of sp³-hybridized carbons (Fsp3) is 0.435. The second kappa shape index (κ2) is 8.80. The predicted molar refractivity (Wildman–Crippen MR) is 119 cm³/mol. The van der Waals surface area contributed by atoms with Crippen molar-refractivity contribution in [1.29, 1.82) is 5.26 Å². The minimum absolute atomic E-state index is 0.0790. The second-order valence-corrected chi connectivity index (χ2v) is 8.77. The number of nitrogens with one attached hydrogen (secondary N) is 1. The highest BCUT2D eigenvalue weighted by atomic mass is 127. The zero-order chi connectivity index (χ0) is 21.3. The average Bonchev–Trinajstić information content (AvgIpc) is 2.72. The fourth-order valence-electron chi connectivity index (χ4n) is 4.58. The molecule has 4 rings (SSSR count). The molecule has 6 nitrogen and oxygen atoms in total. The van der Waals surface area contributed by atoms with Gasteiger partial charge in [-0.05, 0) is 72.9 Å². The van der Waals surface area contributed by atoms with Crippen LogP contribution in [0.4, 0.5) is 0 Å². The Kier molecular flexibility index (Phi) is 6.14. The van der Waals surface area contributed by atoms with Crippen LogP contribution in [0.3, 0.4) is 0 Å². The molecule has 3 aliphatic rings. The van der Waals surface area contributed by atoms with Crippen LogP contribution in [-0.4, -0.2) is 24.8 Å². The highest BCUT2D eigenvalue weighted by molar-refractivity contribution is 14.1. The quantitative estimate of drug-likeness (QED) is 0.586. The number of carbonyl (C=O) groups excluding carboxylic acids is 2. The van der Waals surface area contributed by atoms with Gasteiger partial charge in [-0.2, -0.15) is 5.26 Å². The smallest absolute Gasteiger partial charge is 0.176 e. The molecule has 1 N–H and O–H groups in total. The molecular weight excluding hydrogens is 495 g/mol. The molecule has 0 bridgehead atoms. The Labute approximate surface area is 189 Å². The molecule has 0 spiro atoms. The number of carbonyl (C=O) groups is 2. The highest BCUT2D eigenvalue weighted by Crippen LogP contribution is 2.47. The zero-order valence-corrected chi connectivity index (χ0v) is 19.0. The van der Waals surface area contributed by atoms with Crippen molar-refractivity contribution in [3.63, 3.8) is 0 Å². The van der Waals surface area contributed by atoms with Gasteiger partial charge < -0.3 is 14.8 Å². The van der Waals surface area contributed by atoms with E-state index in [4.69, 9.17) is 14.7 Å². The lowest BCUT2D eigenvalue weighted by Gasteiger charge is -2.37. The van der Waals surface area contributed by atoms with E-state index in [0.29, 0.717) is 30.9 Å². The van der Waals surface area contributed by atoms with Crippen LogP contribution >= 0.6 is 22.6 Å². The van der Waals surface area contributed by atoms with Gasteiger partial charge in [-0.3, -0.25) is 9.59 Å². The maximum atomic E-state index is 13.0. The van der Waals surface area contributed by atoms with Gasteiger partial charge in [0.05, 0.1) is 10.2 Å². The van der Waals surface area contributed by atoms with E-state index in [9.17, 15) is 9.59 Å². The number of hydrogen-bond donors (Lipinski definition) is 1. The van der Waals surface area contributed by atoms with Gasteiger partial charge in [0.1, 0.15) is 6.07 Å². The molecule has 0 atom stereocenters. The van der Waals surface area contributed by atoms with E-state index in [0.717, 1.165) is 57.4 Å². The summed E-state index contributed by atoms with van der Waals surface area (Å²) < 4.78 is 12.2. The summed E-state index contributed by atoms with van der Waals surface area (Å²) in [5, 5.41) is 12.3. The first-order chi connectivity index (χ1) is 14.5. The van der Waals surface area contributed by atoms with Crippen molar-refractivity contribution in [2.24, 2.45) is 0 Å². The molecule has 0 radical (unpaired) electrons. The Hall–Kier alpha value is -2.34. The Morgan fingerprint density at radius 1 is 1.07 bits per heavy atom. The third-order valence-electron chi connectivity index (χ3n) is 5.74. The number of benzene rings is 1. The van der Waals surface area contributed by atoms with Crippen molar-refractivity contribution in [2.75, 3.05) is 13.2 Å². The number of allylic oxidation sites excluding steroid dienone is 4. The van der Waals surface area contributed by atoms with E-state index in [1.165, 1.54) is 0 Å². The first-order valence-corrected chi connectivity index (χ1v) is 11.4. The number of Topliss-reactive ketones (excluding diaryl/α,β-unsaturated/α-hetero) is 2. The SMILES string of the molecule is CCOc1cc(C2C3=C(CCCC3=O)NC3=C2C(=O)CCC3)cc(I)c1OCC#N. The molecule has 0 aromatic heterocycles. The molecule has 1 aliphatic heterocycles. The summed E-state index contributed by atoms with van der Waals surface area (Å²) >= 11 is 2.16. The molecule has 30 heavy (non-hydrogen) atoms. The lowest BCUT2D eigenvalue weighted by molar-refractivity contribution is -0.116. The largest absolute Gasteiger partial charge is 0.490 e. The molecule has 0 unspecified atom stereocenters. The maximum Gasteiger partial charge on any atom is 0.176 e. The van der Waals surface area contributed by atoms with Crippen LogP contribution in [0.15, 0.2) is 34.7 Å². The van der Waals surface area contributed by atoms with Crippen LogP contribution < -0.4 is 14.8 Å². The number of halogens is 1. The molecule has 1 aromatic carbocycles. The van der Waals surface area contributed by atoms with Crippen molar-refractivity contribution in [3.05, 3.63) is 43.8 Å². The van der Waals surface area contributed by atoms with E-state index in [-0.39, 0.29) is 24.1 Å². The number of ketones is 2. The van der Waals surface area contributed by atoms with Crippen LogP contribution in [0.2, 0.25) is 0 Å². The van der Waals surface area contributed by atoms with Gasteiger partial charge in [-0.1, -0.05) is 0 Å². The molecule has 156 valence electrons. The van der Waals surface area contributed by atoms with Crippen LogP contribution in [0.1, 0.15) is 56.9 Å². The van der Waals surface area contributed by atoms with Gasteiger partial charge >= 0.3 is 0 Å². The molecule has 7 heteroatoms. The zero-order valence-electron chi connectivity index (χ0n) is 16.8. The molecule has 0 amide bonds. The highest BCUT2D eigenvalue weighted by Gasteiger charge is 2.40. The van der Waals surface area contributed by atoms with E-state index in [2.05, 4.69) is 27.9 Å². The topological polar surface area (TPSA) is 88.4 Å². The van der Waals surface area contributed by atoms with E-state index in [1.807, 2.05) is 25.1 Å². The minimum atomic E-state index is -0.380. The summed E-state index contributed by atoms with van der Waals surface area (Å²) in [4.78, 5) is 25.9. The van der Waals surface area contributed by atoms with Gasteiger partial charge in [0, 0.05) is 41.3 Å². The lowest BCUT2D eigenvalue weighted by atomic mass is 9.71. The van der Waals surface area contributed by atoms with Crippen LogP contribution in [-0.2, 0) is 9.59 Å². The van der Waals surface area contributed by atoms with E-state index in [1.54, 1.807) is 0 Å². The van der Waals surface area contributed by atoms with Gasteiger partial charge in [0.2, 0.25) is 0 Å². The van der Waals surface area contributed by atoms with E-state index < -0.39 is 0 Å².